The Labute approximate surface area is 103 Å². The third-order valence-corrected chi connectivity index (χ3v) is 3.30. The van der Waals surface area contributed by atoms with E-state index < -0.39 is 5.82 Å². The summed E-state index contributed by atoms with van der Waals surface area (Å²) in [6, 6.07) is 4.56. The molecular weight excluding hydrogens is 273 g/mol. The van der Waals surface area contributed by atoms with Gasteiger partial charge in [0.1, 0.15) is 5.82 Å². The van der Waals surface area contributed by atoms with E-state index in [9.17, 15) is 9.18 Å². The molecule has 1 fully saturated rings. The number of halogens is 2. The van der Waals surface area contributed by atoms with Crippen molar-refractivity contribution in [2.45, 2.75) is 19.3 Å². The molecule has 0 bridgehead atoms. The number of likely N-dealkylation sites (tertiary alicyclic amines) is 1. The summed E-state index contributed by atoms with van der Waals surface area (Å²) in [7, 11) is 0. The third kappa shape index (κ3) is 2.43. The summed E-state index contributed by atoms with van der Waals surface area (Å²) >= 11 is 3.18. The highest BCUT2D eigenvalue weighted by atomic mass is 79.9. The molecule has 0 radical (unpaired) electrons. The van der Waals surface area contributed by atoms with Gasteiger partial charge in [-0.2, -0.15) is 0 Å². The standard InChI is InChI=1S/C12H13BrFNO/c13-9-4-5-10(11(14)8-9)12(16)15-6-2-1-3-7-15/h4-5,8H,1-3,6-7H2. The van der Waals surface area contributed by atoms with Gasteiger partial charge in [0.05, 0.1) is 5.56 Å². The van der Waals surface area contributed by atoms with Crippen molar-refractivity contribution in [2.24, 2.45) is 0 Å². The molecule has 1 aromatic rings. The number of hydrogen-bond donors (Lipinski definition) is 0. The van der Waals surface area contributed by atoms with E-state index in [0.29, 0.717) is 4.47 Å². The summed E-state index contributed by atoms with van der Waals surface area (Å²) in [4.78, 5) is 13.7. The fourth-order valence-electron chi connectivity index (χ4n) is 1.93. The van der Waals surface area contributed by atoms with Gasteiger partial charge in [0, 0.05) is 17.6 Å². The summed E-state index contributed by atoms with van der Waals surface area (Å²) < 4.78 is 14.2. The molecule has 2 rings (SSSR count). The van der Waals surface area contributed by atoms with E-state index in [1.807, 2.05) is 0 Å². The fraction of sp³-hybridized carbons (Fsp3) is 0.417. The van der Waals surface area contributed by atoms with Crippen LogP contribution in [0.1, 0.15) is 29.6 Å². The predicted molar refractivity (Wildman–Crippen MR) is 63.9 cm³/mol. The molecule has 16 heavy (non-hydrogen) atoms. The van der Waals surface area contributed by atoms with E-state index in [-0.39, 0.29) is 11.5 Å². The largest absolute Gasteiger partial charge is 0.339 e. The molecule has 0 aromatic heterocycles. The van der Waals surface area contributed by atoms with Crippen molar-refractivity contribution >= 4 is 21.8 Å². The van der Waals surface area contributed by atoms with Gasteiger partial charge in [-0.1, -0.05) is 15.9 Å². The second kappa shape index (κ2) is 4.95. The van der Waals surface area contributed by atoms with Crippen LogP contribution in [-0.4, -0.2) is 23.9 Å². The van der Waals surface area contributed by atoms with Crippen LogP contribution in [0.4, 0.5) is 4.39 Å². The second-order valence-electron chi connectivity index (χ2n) is 3.98. The molecule has 1 saturated heterocycles. The first-order chi connectivity index (χ1) is 7.68. The van der Waals surface area contributed by atoms with Crippen LogP contribution in [0, 0.1) is 5.82 Å². The highest BCUT2D eigenvalue weighted by Gasteiger charge is 2.20. The third-order valence-electron chi connectivity index (χ3n) is 2.80. The maximum absolute atomic E-state index is 13.6. The summed E-state index contributed by atoms with van der Waals surface area (Å²) in [5.41, 5.74) is 0.171. The normalized spacial score (nSPS) is 16.2. The van der Waals surface area contributed by atoms with Crippen molar-refractivity contribution in [3.05, 3.63) is 34.1 Å². The zero-order valence-electron chi connectivity index (χ0n) is 8.88. The van der Waals surface area contributed by atoms with E-state index in [2.05, 4.69) is 15.9 Å². The predicted octanol–water partition coefficient (Wildman–Crippen LogP) is 3.21. The Balaban J connectivity index is 2.19. The van der Waals surface area contributed by atoms with Crippen LogP contribution in [0.25, 0.3) is 0 Å². The maximum atomic E-state index is 13.6. The molecule has 4 heteroatoms. The number of hydrogen-bond acceptors (Lipinski definition) is 1. The van der Waals surface area contributed by atoms with Crippen molar-refractivity contribution in [1.29, 1.82) is 0 Å². The van der Waals surface area contributed by atoms with E-state index >= 15 is 0 Å². The van der Waals surface area contributed by atoms with E-state index in [0.717, 1.165) is 32.4 Å². The Morgan fingerprint density at radius 1 is 1.25 bits per heavy atom. The minimum atomic E-state index is -0.454. The number of nitrogens with zero attached hydrogens (tertiary/aromatic N) is 1. The number of carbonyl (C=O) groups excluding carboxylic acids is 1. The second-order valence-corrected chi connectivity index (χ2v) is 4.89. The van der Waals surface area contributed by atoms with Gasteiger partial charge in [-0.05, 0) is 37.5 Å². The summed E-state index contributed by atoms with van der Waals surface area (Å²) in [5, 5.41) is 0. The van der Waals surface area contributed by atoms with Gasteiger partial charge in [0.15, 0.2) is 0 Å². The lowest BCUT2D eigenvalue weighted by atomic mass is 10.1. The first-order valence-electron chi connectivity index (χ1n) is 5.43. The molecular formula is C12H13BrFNO. The zero-order chi connectivity index (χ0) is 11.5. The summed E-state index contributed by atoms with van der Waals surface area (Å²) in [5.74, 6) is -0.644. The number of benzene rings is 1. The molecule has 86 valence electrons. The number of piperidine rings is 1. The SMILES string of the molecule is O=C(c1ccc(Br)cc1F)N1CCCCC1. The average Bonchev–Trinajstić information content (AvgIpc) is 2.29. The molecule has 0 spiro atoms. The lowest BCUT2D eigenvalue weighted by Crippen LogP contribution is -2.36. The van der Waals surface area contributed by atoms with Crippen LogP contribution >= 0.6 is 15.9 Å². The van der Waals surface area contributed by atoms with Gasteiger partial charge in [-0.15, -0.1) is 0 Å². The van der Waals surface area contributed by atoms with E-state index in [4.69, 9.17) is 0 Å². The molecule has 1 aromatic carbocycles. The summed E-state index contributed by atoms with van der Waals surface area (Å²) in [6.07, 6.45) is 3.19. The monoisotopic (exact) mass is 285 g/mol. The van der Waals surface area contributed by atoms with Crippen molar-refractivity contribution in [3.8, 4) is 0 Å². The Bertz CT molecular complexity index is 402. The lowest BCUT2D eigenvalue weighted by Gasteiger charge is -2.26. The van der Waals surface area contributed by atoms with Gasteiger partial charge in [0.2, 0.25) is 0 Å². The van der Waals surface area contributed by atoms with Gasteiger partial charge >= 0.3 is 0 Å². The quantitative estimate of drug-likeness (QED) is 0.776. The minimum absolute atomic E-state index is 0.171. The molecule has 1 heterocycles. The van der Waals surface area contributed by atoms with Crippen molar-refractivity contribution in [3.63, 3.8) is 0 Å². The van der Waals surface area contributed by atoms with E-state index in [1.165, 1.54) is 12.1 Å². The molecule has 1 amide bonds. The molecule has 1 aliphatic rings. The van der Waals surface area contributed by atoms with Crippen molar-refractivity contribution in [1.82, 2.24) is 4.90 Å². The van der Waals surface area contributed by atoms with Gasteiger partial charge in [-0.3, -0.25) is 4.79 Å². The maximum Gasteiger partial charge on any atom is 0.256 e. The van der Waals surface area contributed by atoms with Crippen LogP contribution in [0.3, 0.4) is 0 Å². The molecule has 1 aliphatic heterocycles. The van der Waals surface area contributed by atoms with Gasteiger partial charge in [0.25, 0.3) is 5.91 Å². The highest BCUT2D eigenvalue weighted by molar-refractivity contribution is 9.10. The zero-order valence-corrected chi connectivity index (χ0v) is 10.5. The Kier molecular flexibility index (Phi) is 3.59. The van der Waals surface area contributed by atoms with Crippen LogP contribution in [0.5, 0.6) is 0 Å². The van der Waals surface area contributed by atoms with Crippen LogP contribution in [0.15, 0.2) is 22.7 Å². The number of amides is 1. The molecule has 2 nitrogen and oxygen atoms in total. The fourth-order valence-corrected chi connectivity index (χ4v) is 2.26. The molecule has 0 unspecified atom stereocenters. The minimum Gasteiger partial charge on any atom is -0.339 e. The average molecular weight is 286 g/mol. The van der Waals surface area contributed by atoms with Crippen molar-refractivity contribution < 1.29 is 9.18 Å². The molecule has 0 saturated carbocycles. The van der Waals surface area contributed by atoms with Gasteiger partial charge < -0.3 is 4.90 Å². The first kappa shape index (κ1) is 11.6. The first-order valence-corrected chi connectivity index (χ1v) is 6.22. The molecule has 0 N–H and O–H groups in total. The number of carbonyl (C=O) groups is 1. The van der Waals surface area contributed by atoms with Crippen LogP contribution in [0.2, 0.25) is 0 Å². The smallest absolute Gasteiger partial charge is 0.256 e. The topological polar surface area (TPSA) is 20.3 Å². The molecule has 0 atom stereocenters. The highest BCUT2D eigenvalue weighted by Crippen LogP contribution is 2.18. The summed E-state index contributed by atoms with van der Waals surface area (Å²) in [6.45, 7) is 1.49. The lowest BCUT2D eigenvalue weighted by molar-refractivity contribution is 0.0719. The Morgan fingerprint density at radius 3 is 2.56 bits per heavy atom. The molecule has 0 aliphatic carbocycles. The Morgan fingerprint density at radius 2 is 1.94 bits per heavy atom. The van der Waals surface area contributed by atoms with E-state index in [1.54, 1.807) is 11.0 Å². The van der Waals surface area contributed by atoms with Crippen LogP contribution in [-0.2, 0) is 0 Å². The number of rotatable bonds is 1. The Hall–Kier alpha value is -0.900. The van der Waals surface area contributed by atoms with Gasteiger partial charge in [-0.25, -0.2) is 4.39 Å². The van der Waals surface area contributed by atoms with Crippen LogP contribution < -0.4 is 0 Å². The van der Waals surface area contributed by atoms with Crippen molar-refractivity contribution in [2.75, 3.05) is 13.1 Å².